The van der Waals surface area contributed by atoms with E-state index in [9.17, 15) is 4.79 Å². The molecule has 0 aromatic rings. The van der Waals surface area contributed by atoms with E-state index in [2.05, 4.69) is 10.6 Å². The first-order valence-corrected chi connectivity index (χ1v) is 4.86. The Labute approximate surface area is 78.7 Å². The molecule has 3 N–H and O–H groups in total. The molecule has 1 amide bonds. The van der Waals surface area contributed by atoms with E-state index >= 15 is 0 Å². The van der Waals surface area contributed by atoms with Crippen LogP contribution in [0, 0.1) is 0 Å². The van der Waals surface area contributed by atoms with Crippen molar-refractivity contribution in [2.24, 2.45) is 0 Å². The van der Waals surface area contributed by atoms with Crippen molar-refractivity contribution < 1.29 is 9.90 Å². The van der Waals surface area contributed by atoms with Gasteiger partial charge in [-0.2, -0.15) is 0 Å². The Morgan fingerprint density at radius 3 is 3.23 bits per heavy atom. The van der Waals surface area contributed by atoms with Crippen LogP contribution in [0.3, 0.4) is 0 Å². The molecule has 0 aromatic heterocycles. The Bertz CT molecular complexity index is 171. The number of carbonyl (C=O) groups excluding carboxylic acids is 1. The fourth-order valence-electron chi connectivity index (χ4n) is 1.49. The van der Waals surface area contributed by atoms with E-state index in [1.54, 1.807) is 6.92 Å². The number of aliphatic hydroxyl groups excluding tert-OH is 1. The van der Waals surface area contributed by atoms with Crippen LogP contribution in [0.25, 0.3) is 0 Å². The lowest BCUT2D eigenvalue weighted by Gasteiger charge is -2.15. The van der Waals surface area contributed by atoms with Gasteiger partial charge in [0.2, 0.25) is 5.91 Å². The molecule has 0 radical (unpaired) electrons. The SMILES string of the molecule is CC(O)CNC1CCCNC(=O)C1. The largest absolute Gasteiger partial charge is 0.392 e. The van der Waals surface area contributed by atoms with Gasteiger partial charge in [-0.3, -0.25) is 4.79 Å². The summed E-state index contributed by atoms with van der Waals surface area (Å²) in [6.45, 7) is 3.09. The number of hydrogen-bond donors (Lipinski definition) is 3. The van der Waals surface area contributed by atoms with Crippen LogP contribution < -0.4 is 10.6 Å². The Morgan fingerprint density at radius 1 is 1.77 bits per heavy atom. The zero-order valence-corrected chi connectivity index (χ0v) is 8.05. The molecule has 1 aliphatic heterocycles. The summed E-state index contributed by atoms with van der Waals surface area (Å²) in [6, 6.07) is 0.233. The average Bonchev–Trinajstić information content (AvgIpc) is 2.26. The lowest BCUT2D eigenvalue weighted by Crippen LogP contribution is -2.36. The minimum absolute atomic E-state index is 0.112. The highest BCUT2D eigenvalue weighted by Crippen LogP contribution is 2.05. The van der Waals surface area contributed by atoms with Gasteiger partial charge in [-0.25, -0.2) is 0 Å². The monoisotopic (exact) mass is 186 g/mol. The molecule has 1 aliphatic rings. The van der Waals surface area contributed by atoms with E-state index in [0.717, 1.165) is 19.4 Å². The Hall–Kier alpha value is -0.610. The maximum atomic E-state index is 11.1. The molecule has 1 saturated heterocycles. The van der Waals surface area contributed by atoms with Gasteiger partial charge in [0.15, 0.2) is 0 Å². The van der Waals surface area contributed by atoms with E-state index in [0.29, 0.717) is 13.0 Å². The van der Waals surface area contributed by atoms with Gasteiger partial charge in [-0.1, -0.05) is 0 Å². The quantitative estimate of drug-likeness (QED) is 0.563. The van der Waals surface area contributed by atoms with Crippen molar-refractivity contribution in [3.05, 3.63) is 0 Å². The zero-order valence-electron chi connectivity index (χ0n) is 8.05. The van der Waals surface area contributed by atoms with Gasteiger partial charge < -0.3 is 15.7 Å². The van der Waals surface area contributed by atoms with Gasteiger partial charge in [-0.05, 0) is 19.8 Å². The Morgan fingerprint density at radius 2 is 2.54 bits per heavy atom. The second-order valence-corrected chi connectivity index (χ2v) is 3.65. The van der Waals surface area contributed by atoms with E-state index < -0.39 is 0 Å². The van der Waals surface area contributed by atoms with Gasteiger partial charge in [0.1, 0.15) is 0 Å². The molecular formula is C9H18N2O2. The van der Waals surface area contributed by atoms with Crippen LogP contribution in [0.4, 0.5) is 0 Å². The second kappa shape index (κ2) is 5.19. The molecule has 0 bridgehead atoms. The molecular weight excluding hydrogens is 168 g/mol. The third-order valence-electron chi connectivity index (χ3n) is 2.19. The van der Waals surface area contributed by atoms with Crippen molar-refractivity contribution in [1.29, 1.82) is 0 Å². The summed E-state index contributed by atoms with van der Waals surface area (Å²) in [5.41, 5.74) is 0. The molecule has 1 rings (SSSR count). The van der Waals surface area contributed by atoms with Crippen molar-refractivity contribution in [2.45, 2.75) is 38.3 Å². The van der Waals surface area contributed by atoms with Crippen molar-refractivity contribution in [1.82, 2.24) is 10.6 Å². The predicted molar refractivity (Wildman–Crippen MR) is 50.3 cm³/mol. The molecule has 2 unspecified atom stereocenters. The maximum absolute atomic E-state index is 11.1. The van der Waals surface area contributed by atoms with Crippen molar-refractivity contribution in [3.63, 3.8) is 0 Å². The lowest BCUT2D eigenvalue weighted by molar-refractivity contribution is -0.121. The van der Waals surface area contributed by atoms with E-state index in [1.165, 1.54) is 0 Å². The second-order valence-electron chi connectivity index (χ2n) is 3.65. The first-order valence-electron chi connectivity index (χ1n) is 4.86. The van der Waals surface area contributed by atoms with Crippen molar-refractivity contribution in [2.75, 3.05) is 13.1 Å². The van der Waals surface area contributed by atoms with Gasteiger partial charge in [-0.15, -0.1) is 0 Å². The number of carbonyl (C=O) groups is 1. The maximum Gasteiger partial charge on any atom is 0.221 e. The minimum Gasteiger partial charge on any atom is -0.392 e. The van der Waals surface area contributed by atoms with Crippen LogP contribution >= 0.6 is 0 Å². The smallest absolute Gasteiger partial charge is 0.221 e. The number of amides is 1. The summed E-state index contributed by atoms with van der Waals surface area (Å²) in [5.74, 6) is 0.112. The van der Waals surface area contributed by atoms with Crippen LogP contribution in [-0.4, -0.2) is 36.2 Å². The first kappa shape index (κ1) is 10.5. The summed E-state index contributed by atoms with van der Waals surface area (Å²) in [6.07, 6.45) is 2.22. The van der Waals surface area contributed by atoms with Gasteiger partial charge in [0, 0.05) is 25.6 Å². The number of rotatable bonds is 3. The standard InChI is InChI=1S/C9H18N2O2/c1-7(12)6-11-8-3-2-4-10-9(13)5-8/h7-8,11-12H,2-6H2,1H3,(H,10,13). The van der Waals surface area contributed by atoms with Gasteiger partial charge in [0.25, 0.3) is 0 Å². The number of nitrogens with one attached hydrogen (secondary N) is 2. The zero-order chi connectivity index (χ0) is 9.68. The predicted octanol–water partition coefficient (Wildman–Crippen LogP) is -0.374. The highest BCUT2D eigenvalue weighted by molar-refractivity contribution is 5.76. The normalized spacial score (nSPS) is 26.3. The summed E-state index contributed by atoms with van der Waals surface area (Å²) >= 11 is 0. The molecule has 0 saturated carbocycles. The van der Waals surface area contributed by atoms with Crippen LogP contribution in [0.15, 0.2) is 0 Å². The highest BCUT2D eigenvalue weighted by Gasteiger charge is 2.16. The highest BCUT2D eigenvalue weighted by atomic mass is 16.3. The lowest BCUT2D eigenvalue weighted by atomic mass is 10.1. The number of hydrogen-bond acceptors (Lipinski definition) is 3. The summed E-state index contributed by atoms with van der Waals surface area (Å²) < 4.78 is 0. The van der Waals surface area contributed by atoms with Gasteiger partial charge in [0.05, 0.1) is 6.10 Å². The minimum atomic E-state index is -0.341. The summed E-state index contributed by atoms with van der Waals surface area (Å²) in [4.78, 5) is 11.1. The summed E-state index contributed by atoms with van der Waals surface area (Å²) in [7, 11) is 0. The van der Waals surface area contributed by atoms with E-state index in [-0.39, 0.29) is 18.1 Å². The van der Waals surface area contributed by atoms with Crippen molar-refractivity contribution >= 4 is 5.91 Å². The molecule has 4 nitrogen and oxygen atoms in total. The molecule has 13 heavy (non-hydrogen) atoms. The molecule has 76 valence electrons. The molecule has 1 fully saturated rings. The molecule has 1 heterocycles. The third kappa shape index (κ3) is 4.24. The molecule has 4 heteroatoms. The van der Waals surface area contributed by atoms with Crippen LogP contribution in [0.2, 0.25) is 0 Å². The Kier molecular flexibility index (Phi) is 4.18. The molecule has 2 atom stereocenters. The van der Waals surface area contributed by atoms with Crippen LogP contribution in [0.5, 0.6) is 0 Å². The summed E-state index contributed by atoms with van der Waals surface area (Å²) in [5, 5.41) is 15.1. The average molecular weight is 186 g/mol. The molecule has 0 aliphatic carbocycles. The van der Waals surface area contributed by atoms with Crippen molar-refractivity contribution in [3.8, 4) is 0 Å². The molecule has 0 spiro atoms. The fourth-order valence-corrected chi connectivity index (χ4v) is 1.49. The fraction of sp³-hybridized carbons (Fsp3) is 0.889. The molecule has 0 aromatic carbocycles. The third-order valence-corrected chi connectivity index (χ3v) is 2.19. The van der Waals surface area contributed by atoms with E-state index in [4.69, 9.17) is 5.11 Å². The van der Waals surface area contributed by atoms with Crippen LogP contribution in [0.1, 0.15) is 26.2 Å². The first-order chi connectivity index (χ1) is 6.18. The van der Waals surface area contributed by atoms with E-state index in [1.807, 2.05) is 0 Å². The Balaban J connectivity index is 2.26. The van der Waals surface area contributed by atoms with Gasteiger partial charge >= 0.3 is 0 Å². The number of aliphatic hydroxyl groups is 1. The van der Waals surface area contributed by atoms with Crippen LogP contribution in [-0.2, 0) is 4.79 Å². The topological polar surface area (TPSA) is 61.4 Å².